The van der Waals surface area contributed by atoms with Crippen LogP contribution in [-0.4, -0.2) is 11.8 Å². The van der Waals surface area contributed by atoms with Crippen LogP contribution in [0.5, 0.6) is 0 Å². The average Bonchev–Trinajstić information content (AvgIpc) is 2.44. The third-order valence-electron chi connectivity index (χ3n) is 2.09. The molecule has 0 aromatic rings. The van der Waals surface area contributed by atoms with Gasteiger partial charge in [-0.1, -0.05) is 35.4 Å². The molecule has 1 aliphatic rings. The van der Waals surface area contributed by atoms with E-state index in [0.717, 1.165) is 0 Å². The minimum Gasteiger partial charge on any atom is -0.299 e. The zero-order valence-electron chi connectivity index (χ0n) is 8.71. The Balaban J connectivity index is 2.73. The average molecular weight is 279 g/mol. The highest BCUT2D eigenvalue weighted by Crippen LogP contribution is 2.29. The van der Waals surface area contributed by atoms with E-state index in [0.29, 0.717) is 22.1 Å². The van der Waals surface area contributed by atoms with E-state index in [1.165, 1.54) is 0 Å². The number of Topliss-reactive ketones (excluding diaryl/α,β-unsaturated/α-hetero) is 1. The van der Waals surface area contributed by atoms with Crippen LogP contribution in [-0.2, 0) is 14.5 Å². The number of hydrogen-bond acceptors (Lipinski definition) is 3. The Bertz CT molecular complexity index is 424. The molecule has 3 nitrogen and oxygen atoms in total. The van der Waals surface area contributed by atoms with Crippen molar-refractivity contribution in [3.63, 3.8) is 0 Å². The highest BCUT2D eigenvalue weighted by molar-refractivity contribution is 6.36. The predicted octanol–water partition coefficient (Wildman–Crippen LogP) is 3.34. The molecule has 92 valence electrons. The van der Waals surface area contributed by atoms with Crippen LogP contribution < -0.4 is 0 Å². The molecule has 0 N–H and O–H groups in total. The number of rotatable bonds is 4. The van der Waals surface area contributed by atoms with E-state index in [9.17, 15) is 14.1 Å². The normalized spacial score (nSPS) is 15.4. The monoisotopic (exact) mass is 278 g/mol. The molecule has 1 aliphatic carbocycles. The van der Waals surface area contributed by atoms with Crippen molar-refractivity contribution < 1.29 is 19.1 Å². The molecule has 17 heavy (non-hydrogen) atoms. The summed E-state index contributed by atoms with van der Waals surface area (Å²) in [4.78, 5) is 24.9. The maximum Gasteiger partial charge on any atom is 0.356 e. The minimum atomic E-state index is -1.22. The van der Waals surface area contributed by atoms with Crippen LogP contribution in [0.2, 0.25) is 0 Å². The van der Waals surface area contributed by atoms with Gasteiger partial charge in [0, 0.05) is 27.4 Å². The quantitative estimate of drug-likeness (QED) is 0.741. The standard InChI is InChI=1S/C11H9Cl2FO3/c12-9-3-1-2-4-10(13)8(9)5-7(15)6-11(16)17-14/h1-3H,4-6H2. The van der Waals surface area contributed by atoms with Gasteiger partial charge in [0.2, 0.25) is 0 Å². The predicted molar refractivity (Wildman–Crippen MR) is 62.0 cm³/mol. The van der Waals surface area contributed by atoms with Gasteiger partial charge in [-0.05, 0) is 11.6 Å². The van der Waals surface area contributed by atoms with Crippen molar-refractivity contribution in [1.29, 1.82) is 0 Å². The second-order valence-corrected chi connectivity index (χ2v) is 4.24. The van der Waals surface area contributed by atoms with Crippen LogP contribution in [0.15, 0.2) is 33.9 Å². The lowest BCUT2D eigenvalue weighted by Crippen LogP contribution is -2.09. The molecule has 0 heterocycles. The molecule has 0 aliphatic heterocycles. The van der Waals surface area contributed by atoms with Gasteiger partial charge >= 0.3 is 5.97 Å². The van der Waals surface area contributed by atoms with Crippen molar-refractivity contribution in [2.45, 2.75) is 19.3 Å². The fraction of sp³-hybridized carbons (Fsp3) is 0.273. The first-order valence-corrected chi connectivity index (χ1v) is 5.53. The molecule has 0 bridgehead atoms. The van der Waals surface area contributed by atoms with E-state index in [1.54, 1.807) is 18.2 Å². The summed E-state index contributed by atoms with van der Waals surface area (Å²) in [5, 5.41) is 0.771. The summed E-state index contributed by atoms with van der Waals surface area (Å²) >= 11 is 11.9. The number of carbonyl (C=O) groups is 2. The summed E-state index contributed by atoms with van der Waals surface area (Å²) in [6.45, 7) is 0. The van der Waals surface area contributed by atoms with E-state index in [2.05, 4.69) is 4.94 Å². The SMILES string of the molecule is O=C(CC(=O)OF)CC1=C(Cl)CC=CC=C1Cl. The zero-order chi connectivity index (χ0) is 12.8. The zero-order valence-corrected chi connectivity index (χ0v) is 10.2. The van der Waals surface area contributed by atoms with Crippen LogP contribution in [0.3, 0.4) is 0 Å². The first-order valence-electron chi connectivity index (χ1n) is 4.78. The van der Waals surface area contributed by atoms with Gasteiger partial charge in [0.05, 0.1) is 0 Å². The number of ketones is 1. The van der Waals surface area contributed by atoms with Crippen molar-refractivity contribution in [3.05, 3.63) is 33.9 Å². The third-order valence-corrected chi connectivity index (χ3v) is 2.83. The molecule has 0 aromatic carbocycles. The number of carbonyl (C=O) groups excluding carboxylic acids is 2. The van der Waals surface area contributed by atoms with Gasteiger partial charge in [0.25, 0.3) is 0 Å². The van der Waals surface area contributed by atoms with E-state index < -0.39 is 18.2 Å². The van der Waals surface area contributed by atoms with E-state index in [1.807, 2.05) is 0 Å². The van der Waals surface area contributed by atoms with Gasteiger partial charge in [-0.25, -0.2) is 4.79 Å². The van der Waals surface area contributed by atoms with Crippen molar-refractivity contribution in [2.24, 2.45) is 0 Å². The first kappa shape index (κ1) is 13.9. The maximum absolute atomic E-state index is 11.5. The Morgan fingerprint density at radius 1 is 1.41 bits per heavy atom. The van der Waals surface area contributed by atoms with Gasteiger partial charge in [-0.2, -0.15) is 0 Å². The second-order valence-electron chi connectivity index (χ2n) is 3.37. The van der Waals surface area contributed by atoms with Gasteiger partial charge in [0.15, 0.2) is 0 Å². The summed E-state index contributed by atoms with van der Waals surface area (Å²) in [6.07, 6.45) is 4.82. The van der Waals surface area contributed by atoms with Crippen molar-refractivity contribution >= 4 is 35.0 Å². The van der Waals surface area contributed by atoms with Gasteiger partial charge in [-0.15, -0.1) is 0 Å². The molecule has 0 fully saturated rings. The first-order chi connectivity index (χ1) is 8.04. The number of allylic oxidation sites excluding steroid dienone is 6. The lowest BCUT2D eigenvalue weighted by atomic mass is 10.1. The van der Waals surface area contributed by atoms with Gasteiger partial charge in [0.1, 0.15) is 12.2 Å². The molecule has 0 radical (unpaired) electrons. The fourth-order valence-corrected chi connectivity index (χ4v) is 1.87. The van der Waals surface area contributed by atoms with E-state index >= 15 is 0 Å². The molecule has 0 unspecified atom stereocenters. The largest absolute Gasteiger partial charge is 0.356 e. The molecule has 1 rings (SSSR count). The highest BCUT2D eigenvalue weighted by atomic mass is 35.5. The number of hydrogen-bond donors (Lipinski definition) is 0. The molecule has 0 aromatic heterocycles. The van der Waals surface area contributed by atoms with Gasteiger partial charge < -0.3 is 0 Å². The highest BCUT2D eigenvalue weighted by Gasteiger charge is 2.17. The number of halogens is 3. The third kappa shape index (κ3) is 4.32. The van der Waals surface area contributed by atoms with Crippen molar-refractivity contribution in [2.75, 3.05) is 0 Å². The Morgan fingerprint density at radius 3 is 2.76 bits per heavy atom. The van der Waals surface area contributed by atoms with Crippen molar-refractivity contribution in [3.8, 4) is 0 Å². The summed E-state index contributed by atoms with van der Waals surface area (Å²) in [5.41, 5.74) is 0.454. The Labute approximate surface area is 107 Å². The molecular weight excluding hydrogens is 270 g/mol. The summed E-state index contributed by atoms with van der Waals surface area (Å²) < 4.78 is 11.5. The van der Waals surface area contributed by atoms with Crippen LogP contribution in [0.25, 0.3) is 0 Å². The maximum atomic E-state index is 11.5. The van der Waals surface area contributed by atoms with Crippen LogP contribution >= 0.6 is 23.2 Å². The van der Waals surface area contributed by atoms with Crippen LogP contribution in [0.1, 0.15) is 19.3 Å². The summed E-state index contributed by atoms with van der Waals surface area (Å²) in [6, 6.07) is 0. The van der Waals surface area contributed by atoms with E-state index in [-0.39, 0.29) is 6.42 Å². The Morgan fingerprint density at radius 2 is 2.12 bits per heavy atom. The molecular formula is C11H9Cl2FO3. The van der Waals surface area contributed by atoms with Crippen molar-refractivity contribution in [1.82, 2.24) is 0 Å². The smallest absolute Gasteiger partial charge is 0.299 e. The van der Waals surface area contributed by atoms with E-state index in [4.69, 9.17) is 23.2 Å². The lowest BCUT2D eigenvalue weighted by molar-refractivity contribution is -0.183. The Kier molecular flexibility index (Phi) is 5.38. The van der Waals surface area contributed by atoms with Gasteiger partial charge in [-0.3, -0.25) is 9.74 Å². The fourth-order valence-electron chi connectivity index (χ4n) is 1.31. The molecule has 0 saturated heterocycles. The van der Waals surface area contributed by atoms with Crippen LogP contribution in [0.4, 0.5) is 4.53 Å². The molecule has 0 amide bonds. The summed E-state index contributed by atoms with van der Waals surface area (Å²) in [7, 11) is 0. The minimum absolute atomic E-state index is 0.120. The lowest BCUT2D eigenvalue weighted by Gasteiger charge is -2.06. The molecule has 0 spiro atoms. The Hall–Kier alpha value is -1.13. The molecule has 6 heteroatoms. The molecule has 0 atom stereocenters. The summed E-state index contributed by atoms with van der Waals surface area (Å²) in [5.74, 6) is -1.73. The van der Waals surface area contributed by atoms with Crippen LogP contribution in [0, 0.1) is 0 Å². The molecule has 0 saturated carbocycles. The second kappa shape index (κ2) is 6.57. The topological polar surface area (TPSA) is 43.4 Å².